The first-order valence-electron chi connectivity index (χ1n) is 6.91. The van der Waals surface area contributed by atoms with Gasteiger partial charge in [-0.3, -0.25) is 9.59 Å². The van der Waals surface area contributed by atoms with Crippen LogP contribution in [0.5, 0.6) is 0 Å². The summed E-state index contributed by atoms with van der Waals surface area (Å²) in [5.41, 5.74) is 0.340. The Morgan fingerprint density at radius 3 is 2.71 bits per heavy atom. The van der Waals surface area contributed by atoms with Crippen LogP contribution in [0.1, 0.15) is 37.6 Å². The van der Waals surface area contributed by atoms with Gasteiger partial charge in [0.15, 0.2) is 0 Å². The van der Waals surface area contributed by atoms with Crippen molar-refractivity contribution >= 4 is 29.2 Å². The summed E-state index contributed by atoms with van der Waals surface area (Å²) in [6.07, 6.45) is 1.66. The van der Waals surface area contributed by atoms with Crippen molar-refractivity contribution < 1.29 is 9.59 Å². The number of carbonyl (C=O) groups excluding carboxylic acids is 2. The maximum atomic E-state index is 12.0. The zero-order valence-electron chi connectivity index (χ0n) is 12.5. The Bertz CT molecular complexity index is 506. The van der Waals surface area contributed by atoms with Gasteiger partial charge in [-0.1, -0.05) is 11.6 Å². The van der Waals surface area contributed by atoms with Crippen molar-refractivity contribution in [3.05, 3.63) is 22.8 Å². The average molecular weight is 313 g/mol. The highest BCUT2D eigenvalue weighted by Crippen LogP contribution is 2.17. The SMILES string of the molecule is CCNc1cc(C(=O)NCCC(=O)NC(C)C)c(Cl)cn1. The third-order valence-corrected chi connectivity index (χ3v) is 2.85. The third kappa shape index (κ3) is 5.99. The molecule has 1 aromatic heterocycles. The topological polar surface area (TPSA) is 83.1 Å². The first-order valence-corrected chi connectivity index (χ1v) is 7.28. The molecule has 0 spiro atoms. The van der Waals surface area contributed by atoms with Crippen LogP contribution in [0.4, 0.5) is 5.82 Å². The summed E-state index contributed by atoms with van der Waals surface area (Å²) in [6, 6.07) is 1.68. The number of nitrogens with zero attached hydrogens (tertiary/aromatic N) is 1. The zero-order chi connectivity index (χ0) is 15.8. The van der Waals surface area contributed by atoms with E-state index in [9.17, 15) is 9.59 Å². The van der Waals surface area contributed by atoms with Crippen molar-refractivity contribution in [3.8, 4) is 0 Å². The Morgan fingerprint density at radius 1 is 1.38 bits per heavy atom. The van der Waals surface area contributed by atoms with Crippen LogP contribution in [0.15, 0.2) is 12.3 Å². The monoisotopic (exact) mass is 312 g/mol. The minimum atomic E-state index is -0.320. The van der Waals surface area contributed by atoms with Crippen LogP contribution in [0.25, 0.3) is 0 Å². The van der Waals surface area contributed by atoms with Crippen molar-refractivity contribution in [1.29, 1.82) is 0 Å². The van der Waals surface area contributed by atoms with Gasteiger partial charge in [-0.15, -0.1) is 0 Å². The van der Waals surface area contributed by atoms with E-state index in [2.05, 4.69) is 20.9 Å². The van der Waals surface area contributed by atoms with Crippen LogP contribution >= 0.6 is 11.6 Å². The predicted molar refractivity (Wildman–Crippen MR) is 83.6 cm³/mol. The molecule has 0 aliphatic carbocycles. The van der Waals surface area contributed by atoms with Gasteiger partial charge in [0.2, 0.25) is 5.91 Å². The minimum Gasteiger partial charge on any atom is -0.370 e. The van der Waals surface area contributed by atoms with Crippen molar-refractivity contribution in [3.63, 3.8) is 0 Å². The highest BCUT2D eigenvalue weighted by atomic mass is 35.5. The Kier molecular flexibility index (Phi) is 6.94. The third-order valence-electron chi connectivity index (χ3n) is 2.55. The molecule has 0 aliphatic rings. The second-order valence-corrected chi connectivity index (χ2v) is 5.22. The maximum absolute atomic E-state index is 12.0. The molecule has 0 saturated heterocycles. The van der Waals surface area contributed by atoms with Crippen molar-refractivity contribution in [2.24, 2.45) is 0 Å². The molecular formula is C14H21ClN4O2. The lowest BCUT2D eigenvalue weighted by Gasteiger charge is -2.10. The first-order chi connectivity index (χ1) is 9.93. The van der Waals surface area contributed by atoms with Gasteiger partial charge >= 0.3 is 0 Å². The molecule has 7 heteroatoms. The molecule has 1 rings (SSSR count). The molecule has 0 aliphatic heterocycles. The summed E-state index contributed by atoms with van der Waals surface area (Å²) in [6.45, 7) is 6.66. The van der Waals surface area contributed by atoms with Gasteiger partial charge < -0.3 is 16.0 Å². The second kappa shape index (κ2) is 8.46. The summed E-state index contributed by atoms with van der Waals surface area (Å²) in [7, 11) is 0. The van der Waals surface area contributed by atoms with E-state index in [1.165, 1.54) is 6.20 Å². The second-order valence-electron chi connectivity index (χ2n) is 4.81. The van der Waals surface area contributed by atoms with Crippen LogP contribution in [0.3, 0.4) is 0 Å². The maximum Gasteiger partial charge on any atom is 0.253 e. The van der Waals surface area contributed by atoms with E-state index in [0.29, 0.717) is 17.9 Å². The normalized spacial score (nSPS) is 10.3. The number of aromatic nitrogens is 1. The van der Waals surface area contributed by atoms with Gasteiger partial charge in [-0.2, -0.15) is 0 Å². The van der Waals surface area contributed by atoms with Crippen LogP contribution in [0.2, 0.25) is 5.02 Å². The number of amides is 2. The molecule has 2 amide bonds. The van der Waals surface area contributed by atoms with Crippen LogP contribution in [0, 0.1) is 0 Å². The molecule has 0 unspecified atom stereocenters. The Morgan fingerprint density at radius 2 is 2.10 bits per heavy atom. The smallest absolute Gasteiger partial charge is 0.253 e. The molecule has 0 atom stereocenters. The highest BCUT2D eigenvalue weighted by molar-refractivity contribution is 6.33. The van der Waals surface area contributed by atoms with Crippen LogP contribution in [-0.4, -0.2) is 35.9 Å². The lowest BCUT2D eigenvalue weighted by molar-refractivity contribution is -0.121. The molecule has 1 aromatic rings. The minimum absolute atomic E-state index is 0.0884. The number of pyridine rings is 1. The van der Waals surface area contributed by atoms with E-state index in [1.54, 1.807) is 6.07 Å². The number of halogens is 1. The molecule has 0 fully saturated rings. The van der Waals surface area contributed by atoms with E-state index < -0.39 is 0 Å². The first kappa shape index (κ1) is 17.2. The van der Waals surface area contributed by atoms with Gasteiger partial charge in [-0.05, 0) is 26.8 Å². The summed E-state index contributed by atoms with van der Waals surface area (Å²) in [5.74, 6) is 0.169. The molecule has 1 heterocycles. The van der Waals surface area contributed by atoms with Crippen molar-refractivity contribution in [1.82, 2.24) is 15.6 Å². The Hall–Kier alpha value is -1.82. The number of anilines is 1. The van der Waals surface area contributed by atoms with Gasteiger partial charge in [-0.25, -0.2) is 4.98 Å². The molecule has 116 valence electrons. The number of hydrogen-bond acceptors (Lipinski definition) is 4. The fourth-order valence-corrected chi connectivity index (χ4v) is 1.86. The van der Waals surface area contributed by atoms with E-state index in [-0.39, 0.29) is 35.8 Å². The van der Waals surface area contributed by atoms with Crippen molar-refractivity contribution in [2.75, 3.05) is 18.4 Å². The van der Waals surface area contributed by atoms with E-state index in [1.807, 2.05) is 20.8 Å². The largest absolute Gasteiger partial charge is 0.370 e. The standard InChI is InChI=1S/C14H21ClN4O2/c1-4-16-12-7-10(11(15)8-18-12)14(21)17-6-5-13(20)19-9(2)3/h7-9H,4-6H2,1-3H3,(H,16,18)(H,17,21)(H,19,20). The van der Waals surface area contributed by atoms with Gasteiger partial charge in [0.25, 0.3) is 5.91 Å². The van der Waals surface area contributed by atoms with Gasteiger partial charge in [0, 0.05) is 31.7 Å². The lowest BCUT2D eigenvalue weighted by Crippen LogP contribution is -2.34. The van der Waals surface area contributed by atoms with E-state index in [0.717, 1.165) is 0 Å². The van der Waals surface area contributed by atoms with Gasteiger partial charge in [0.1, 0.15) is 5.82 Å². The summed E-state index contributed by atoms with van der Waals surface area (Å²) < 4.78 is 0. The van der Waals surface area contributed by atoms with E-state index in [4.69, 9.17) is 11.6 Å². The van der Waals surface area contributed by atoms with Crippen molar-refractivity contribution in [2.45, 2.75) is 33.2 Å². The van der Waals surface area contributed by atoms with Gasteiger partial charge in [0.05, 0.1) is 10.6 Å². The number of rotatable bonds is 7. The van der Waals surface area contributed by atoms with Crippen LogP contribution in [-0.2, 0) is 4.79 Å². The number of carbonyl (C=O) groups is 2. The van der Waals surface area contributed by atoms with E-state index >= 15 is 0 Å². The molecule has 21 heavy (non-hydrogen) atoms. The summed E-state index contributed by atoms with van der Waals surface area (Å²) in [5, 5.41) is 8.72. The Labute approximate surface area is 129 Å². The molecule has 0 saturated carbocycles. The highest BCUT2D eigenvalue weighted by Gasteiger charge is 2.12. The lowest BCUT2D eigenvalue weighted by atomic mass is 10.2. The number of nitrogens with one attached hydrogen (secondary N) is 3. The molecule has 0 radical (unpaired) electrons. The fraction of sp³-hybridized carbons (Fsp3) is 0.500. The summed E-state index contributed by atoms with van der Waals surface area (Å²) >= 11 is 5.97. The Balaban J connectivity index is 2.55. The molecule has 3 N–H and O–H groups in total. The molecule has 6 nitrogen and oxygen atoms in total. The predicted octanol–water partition coefficient (Wildman–Crippen LogP) is 1.81. The fourth-order valence-electron chi connectivity index (χ4n) is 1.67. The zero-order valence-corrected chi connectivity index (χ0v) is 13.3. The average Bonchev–Trinajstić information content (AvgIpc) is 2.40. The molecular weight excluding hydrogens is 292 g/mol. The molecule has 0 aromatic carbocycles. The molecule has 0 bridgehead atoms. The quantitative estimate of drug-likeness (QED) is 0.717. The van der Waals surface area contributed by atoms with Crippen LogP contribution < -0.4 is 16.0 Å². The number of hydrogen-bond donors (Lipinski definition) is 3. The summed E-state index contributed by atoms with van der Waals surface area (Å²) in [4.78, 5) is 27.6.